The number of carbonyl (C=O) groups is 3. The van der Waals surface area contributed by atoms with Crippen molar-refractivity contribution in [2.45, 2.75) is 26.3 Å². The number of esters is 1. The van der Waals surface area contributed by atoms with Gasteiger partial charge in [0.2, 0.25) is 5.91 Å². The summed E-state index contributed by atoms with van der Waals surface area (Å²) in [4.78, 5) is 43.1. The summed E-state index contributed by atoms with van der Waals surface area (Å²) >= 11 is 2.63. The first kappa shape index (κ1) is 23.5. The summed E-state index contributed by atoms with van der Waals surface area (Å²) in [6, 6.07) is 5.27. The lowest BCUT2D eigenvalue weighted by atomic mass is 10.2. The SMILES string of the molecule is CCOCCn1c(=NC(=O)CSCC(=O)N2CCCC2)sc2cc(C(=O)OC)ccc21. The maximum Gasteiger partial charge on any atom is 0.337 e. The van der Waals surface area contributed by atoms with Crippen LogP contribution in [0.4, 0.5) is 0 Å². The van der Waals surface area contributed by atoms with E-state index in [1.165, 1.54) is 30.2 Å². The number of thioether (sulfide) groups is 1. The van der Waals surface area contributed by atoms with Crippen LogP contribution in [0.2, 0.25) is 0 Å². The lowest BCUT2D eigenvalue weighted by Gasteiger charge is -2.14. The number of hydrogen-bond acceptors (Lipinski definition) is 7. The van der Waals surface area contributed by atoms with Gasteiger partial charge in [-0.1, -0.05) is 11.3 Å². The van der Waals surface area contributed by atoms with Crippen molar-refractivity contribution >= 4 is 51.1 Å². The zero-order chi connectivity index (χ0) is 22.2. The van der Waals surface area contributed by atoms with Crippen LogP contribution in [0, 0.1) is 0 Å². The highest BCUT2D eigenvalue weighted by atomic mass is 32.2. The van der Waals surface area contributed by atoms with E-state index in [1.54, 1.807) is 12.1 Å². The number of likely N-dealkylation sites (tertiary alicyclic amines) is 1. The van der Waals surface area contributed by atoms with Gasteiger partial charge in [-0.05, 0) is 38.0 Å². The Morgan fingerprint density at radius 2 is 1.97 bits per heavy atom. The molecule has 0 N–H and O–H groups in total. The van der Waals surface area contributed by atoms with Crippen molar-refractivity contribution in [1.29, 1.82) is 0 Å². The molecular formula is C21H27N3O5S2. The minimum atomic E-state index is -0.412. The standard InChI is InChI=1S/C21H27N3O5S2/c1-3-29-11-10-24-16-7-6-15(20(27)28-2)12-17(16)31-21(24)22-18(25)13-30-14-19(26)23-8-4-5-9-23/h6-7,12H,3-5,8-11,13-14H2,1-2H3. The molecule has 0 unspecified atom stereocenters. The fourth-order valence-corrected chi connectivity index (χ4v) is 5.15. The molecule has 168 valence electrons. The van der Waals surface area contributed by atoms with E-state index in [4.69, 9.17) is 9.47 Å². The molecule has 1 aliphatic rings. The maximum absolute atomic E-state index is 12.5. The molecule has 0 spiro atoms. The van der Waals surface area contributed by atoms with Crippen LogP contribution in [0.25, 0.3) is 10.2 Å². The number of benzene rings is 1. The van der Waals surface area contributed by atoms with E-state index in [9.17, 15) is 14.4 Å². The molecule has 0 saturated carbocycles. The van der Waals surface area contributed by atoms with E-state index >= 15 is 0 Å². The number of hydrogen-bond donors (Lipinski definition) is 0. The molecule has 1 aliphatic heterocycles. The van der Waals surface area contributed by atoms with Gasteiger partial charge in [0.15, 0.2) is 4.80 Å². The van der Waals surface area contributed by atoms with Gasteiger partial charge in [-0.3, -0.25) is 9.59 Å². The largest absolute Gasteiger partial charge is 0.465 e. The number of nitrogens with zero attached hydrogens (tertiary/aromatic N) is 3. The Morgan fingerprint density at radius 3 is 2.68 bits per heavy atom. The second kappa shape index (κ2) is 11.4. The summed E-state index contributed by atoms with van der Waals surface area (Å²) < 4.78 is 13.0. The average Bonchev–Trinajstić information content (AvgIpc) is 3.41. The molecule has 0 atom stereocenters. The van der Waals surface area contributed by atoms with Crippen molar-refractivity contribution in [2.24, 2.45) is 4.99 Å². The molecule has 2 aromatic rings. The van der Waals surface area contributed by atoms with Crippen molar-refractivity contribution in [3.8, 4) is 0 Å². The third-order valence-corrected chi connectivity index (χ3v) is 6.84. The molecule has 2 heterocycles. The summed E-state index contributed by atoms with van der Waals surface area (Å²) in [6.45, 7) is 5.18. The van der Waals surface area contributed by atoms with Crippen molar-refractivity contribution in [3.05, 3.63) is 28.6 Å². The van der Waals surface area contributed by atoms with Gasteiger partial charge < -0.3 is 18.9 Å². The number of thiazole rings is 1. The van der Waals surface area contributed by atoms with Crippen molar-refractivity contribution in [1.82, 2.24) is 9.47 Å². The normalized spacial score (nSPS) is 14.4. The van der Waals surface area contributed by atoms with Gasteiger partial charge in [-0.25, -0.2) is 4.79 Å². The Balaban J connectivity index is 1.76. The Morgan fingerprint density at radius 1 is 1.19 bits per heavy atom. The minimum Gasteiger partial charge on any atom is -0.465 e. The van der Waals surface area contributed by atoms with Crippen molar-refractivity contribution in [3.63, 3.8) is 0 Å². The first-order valence-corrected chi connectivity index (χ1v) is 12.2. The van der Waals surface area contributed by atoms with Crippen LogP contribution in [0.3, 0.4) is 0 Å². The minimum absolute atomic E-state index is 0.0827. The molecule has 0 bridgehead atoms. The Bertz CT molecular complexity index is 1010. The van der Waals surface area contributed by atoms with Crippen LogP contribution in [0.5, 0.6) is 0 Å². The van der Waals surface area contributed by atoms with E-state index < -0.39 is 5.97 Å². The fourth-order valence-electron chi connectivity index (χ4n) is 3.34. The predicted octanol–water partition coefficient (Wildman–Crippen LogP) is 2.31. The lowest BCUT2D eigenvalue weighted by Crippen LogP contribution is -2.29. The average molecular weight is 466 g/mol. The Hall–Kier alpha value is -2.17. The van der Waals surface area contributed by atoms with Crippen molar-refractivity contribution < 1.29 is 23.9 Å². The smallest absolute Gasteiger partial charge is 0.337 e. The van der Waals surface area contributed by atoms with Gasteiger partial charge in [0.05, 0.1) is 41.0 Å². The third kappa shape index (κ3) is 6.18. The first-order chi connectivity index (χ1) is 15.0. The molecule has 3 rings (SSSR count). The molecule has 1 fully saturated rings. The van der Waals surface area contributed by atoms with Gasteiger partial charge >= 0.3 is 5.97 Å². The van der Waals surface area contributed by atoms with E-state index in [0.717, 1.165) is 36.1 Å². The zero-order valence-corrected chi connectivity index (χ0v) is 19.4. The van der Waals surface area contributed by atoms with Gasteiger partial charge in [-0.2, -0.15) is 4.99 Å². The summed E-state index contributed by atoms with van der Waals surface area (Å²) in [7, 11) is 1.34. The highest BCUT2D eigenvalue weighted by Gasteiger charge is 2.18. The monoisotopic (exact) mass is 465 g/mol. The fraction of sp³-hybridized carbons (Fsp3) is 0.524. The van der Waals surface area contributed by atoms with Gasteiger partial charge in [0.1, 0.15) is 0 Å². The molecule has 0 radical (unpaired) electrons. The van der Waals surface area contributed by atoms with E-state index in [0.29, 0.717) is 35.9 Å². The number of methoxy groups -OCH3 is 1. The Kier molecular flexibility index (Phi) is 8.68. The van der Waals surface area contributed by atoms with E-state index in [-0.39, 0.29) is 17.6 Å². The van der Waals surface area contributed by atoms with Crippen LogP contribution in [0.15, 0.2) is 23.2 Å². The van der Waals surface area contributed by atoms with Gasteiger partial charge in [-0.15, -0.1) is 11.8 Å². The maximum atomic E-state index is 12.5. The summed E-state index contributed by atoms with van der Waals surface area (Å²) in [5.41, 5.74) is 1.32. The quantitative estimate of drug-likeness (QED) is 0.417. The second-order valence-electron chi connectivity index (χ2n) is 6.99. The van der Waals surface area contributed by atoms with E-state index in [1.807, 2.05) is 22.5 Å². The zero-order valence-electron chi connectivity index (χ0n) is 17.8. The predicted molar refractivity (Wildman–Crippen MR) is 121 cm³/mol. The van der Waals surface area contributed by atoms with E-state index in [2.05, 4.69) is 4.99 Å². The van der Waals surface area contributed by atoms with Crippen LogP contribution in [-0.4, -0.2) is 72.2 Å². The molecule has 10 heteroatoms. The van der Waals surface area contributed by atoms with Crippen LogP contribution in [-0.2, 0) is 25.6 Å². The number of ether oxygens (including phenoxy) is 2. The molecular weight excluding hydrogens is 438 g/mol. The number of rotatable bonds is 9. The highest BCUT2D eigenvalue weighted by molar-refractivity contribution is 8.00. The topological polar surface area (TPSA) is 90.2 Å². The van der Waals surface area contributed by atoms with Gasteiger partial charge in [0, 0.05) is 26.2 Å². The number of aromatic nitrogens is 1. The third-order valence-electron chi connectivity index (χ3n) is 4.90. The van der Waals surface area contributed by atoms with Crippen LogP contribution in [0.1, 0.15) is 30.1 Å². The Labute approximate surface area is 189 Å². The van der Waals surface area contributed by atoms with Crippen LogP contribution < -0.4 is 4.80 Å². The summed E-state index contributed by atoms with van der Waals surface area (Å²) in [6.07, 6.45) is 2.10. The summed E-state index contributed by atoms with van der Waals surface area (Å²) in [5.74, 6) is -0.180. The molecule has 0 aliphatic carbocycles. The molecule has 8 nitrogen and oxygen atoms in total. The molecule has 31 heavy (non-hydrogen) atoms. The number of fused-ring (bicyclic) bond motifs is 1. The lowest BCUT2D eigenvalue weighted by molar-refractivity contribution is -0.127. The molecule has 2 amide bonds. The molecule has 1 aromatic carbocycles. The molecule has 1 saturated heterocycles. The summed E-state index contributed by atoms with van der Waals surface area (Å²) in [5, 5.41) is 0. The van der Waals surface area contributed by atoms with Crippen LogP contribution >= 0.6 is 23.1 Å². The van der Waals surface area contributed by atoms with Gasteiger partial charge in [0.25, 0.3) is 5.91 Å². The highest BCUT2D eigenvalue weighted by Crippen LogP contribution is 2.20. The number of amides is 2. The second-order valence-corrected chi connectivity index (χ2v) is 8.99. The number of carbonyl (C=O) groups excluding carboxylic acids is 3. The van der Waals surface area contributed by atoms with Crippen molar-refractivity contribution in [2.75, 3.05) is 44.9 Å². The first-order valence-electron chi connectivity index (χ1n) is 10.3. The molecule has 1 aromatic heterocycles.